The van der Waals surface area contributed by atoms with Gasteiger partial charge < -0.3 is 15.0 Å². The van der Waals surface area contributed by atoms with E-state index in [2.05, 4.69) is 17.3 Å². The van der Waals surface area contributed by atoms with Crippen molar-refractivity contribution in [1.29, 1.82) is 0 Å². The minimum absolute atomic E-state index is 0.0962. The molecule has 0 aliphatic heterocycles. The molecule has 1 unspecified atom stereocenters. The van der Waals surface area contributed by atoms with Gasteiger partial charge in [-0.3, -0.25) is 0 Å². The van der Waals surface area contributed by atoms with Crippen molar-refractivity contribution in [2.24, 2.45) is 5.73 Å². The third kappa shape index (κ3) is 2.76. The molecule has 4 heteroatoms. The summed E-state index contributed by atoms with van der Waals surface area (Å²) in [7, 11) is 0. The number of nitrogens with two attached hydrogens (primary N) is 1. The van der Waals surface area contributed by atoms with Crippen molar-refractivity contribution in [3.8, 4) is 5.75 Å². The largest absolute Gasteiger partial charge is 0.485 e. The molecule has 0 fully saturated rings. The Balaban J connectivity index is 1.99. The van der Waals surface area contributed by atoms with Crippen molar-refractivity contribution in [1.82, 2.24) is 5.16 Å². The summed E-state index contributed by atoms with van der Waals surface area (Å²) in [5.41, 5.74) is 7.90. The molecule has 3 rings (SSSR count). The van der Waals surface area contributed by atoms with Crippen LogP contribution in [-0.4, -0.2) is 5.16 Å². The van der Waals surface area contributed by atoms with Crippen molar-refractivity contribution >= 4 is 10.8 Å². The average molecular weight is 282 g/mol. The van der Waals surface area contributed by atoms with Gasteiger partial charge in [0.25, 0.3) is 0 Å². The molecule has 4 nitrogen and oxygen atoms in total. The fraction of sp³-hybridized carbons (Fsp3) is 0.235. The van der Waals surface area contributed by atoms with Crippen LogP contribution in [0.15, 0.2) is 47.0 Å². The lowest BCUT2D eigenvalue weighted by molar-refractivity contribution is 0.248. The Morgan fingerprint density at radius 1 is 1.24 bits per heavy atom. The Morgan fingerprint density at radius 3 is 2.76 bits per heavy atom. The molecule has 0 saturated heterocycles. The van der Waals surface area contributed by atoms with E-state index in [4.69, 9.17) is 15.0 Å². The number of nitrogens with zero attached hydrogens (tertiary/aromatic N) is 1. The van der Waals surface area contributed by atoms with Crippen LogP contribution in [0, 0.1) is 6.92 Å². The molecule has 2 N–H and O–H groups in total. The maximum Gasteiger partial charge on any atom is 0.174 e. The second-order valence-electron chi connectivity index (χ2n) is 5.22. The molecule has 0 radical (unpaired) electrons. The maximum absolute atomic E-state index is 6.06. The van der Waals surface area contributed by atoms with Crippen LogP contribution < -0.4 is 10.5 Å². The lowest BCUT2D eigenvalue weighted by atomic mass is 10.0. The number of rotatable bonds is 4. The highest BCUT2D eigenvalue weighted by molar-refractivity contribution is 5.89. The summed E-state index contributed by atoms with van der Waals surface area (Å²) in [5.74, 6) is 1.52. The lowest BCUT2D eigenvalue weighted by Gasteiger charge is -2.16. The summed E-state index contributed by atoms with van der Waals surface area (Å²) in [6.07, 6.45) is 0. The van der Waals surface area contributed by atoms with E-state index in [1.165, 1.54) is 0 Å². The van der Waals surface area contributed by atoms with Crippen molar-refractivity contribution in [3.63, 3.8) is 0 Å². The van der Waals surface area contributed by atoms with E-state index in [1.807, 2.05) is 44.2 Å². The highest BCUT2D eigenvalue weighted by Gasteiger charge is 2.13. The van der Waals surface area contributed by atoms with Crippen molar-refractivity contribution < 1.29 is 9.26 Å². The molecule has 108 valence electrons. The molecule has 0 spiro atoms. The number of hydrogen-bond donors (Lipinski definition) is 1. The highest BCUT2D eigenvalue weighted by Crippen LogP contribution is 2.33. The quantitative estimate of drug-likeness (QED) is 0.792. The van der Waals surface area contributed by atoms with Gasteiger partial charge in [-0.2, -0.15) is 0 Å². The standard InChI is InChI=1S/C17H18N2O2/c1-11-9-14(21-19-11)10-20-17-15(12(2)18)8-7-13-5-3-4-6-16(13)17/h3-9,12H,10,18H2,1-2H3. The van der Waals surface area contributed by atoms with E-state index in [-0.39, 0.29) is 6.04 Å². The predicted molar refractivity (Wildman–Crippen MR) is 82.1 cm³/mol. The zero-order valence-corrected chi connectivity index (χ0v) is 12.2. The van der Waals surface area contributed by atoms with Crippen LogP contribution in [0.3, 0.4) is 0 Å². The molecular formula is C17H18N2O2. The van der Waals surface area contributed by atoms with Gasteiger partial charge in [-0.05, 0) is 19.2 Å². The SMILES string of the molecule is Cc1cc(COc2c(C(C)N)ccc3ccccc23)on1. The molecular weight excluding hydrogens is 264 g/mol. The molecule has 0 saturated carbocycles. The van der Waals surface area contributed by atoms with Gasteiger partial charge in [0.2, 0.25) is 0 Å². The van der Waals surface area contributed by atoms with E-state index in [0.717, 1.165) is 27.8 Å². The van der Waals surface area contributed by atoms with E-state index in [1.54, 1.807) is 0 Å². The Morgan fingerprint density at radius 2 is 2.05 bits per heavy atom. The molecule has 0 aliphatic carbocycles. The molecule has 1 aromatic heterocycles. The number of aryl methyl sites for hydroxylation is 1. The van der Waals surface area contributed by atoms with Gasteiger partial charge in [0.15, 0.2) is 5.76 Å². The van der Waals surface area contributed by atoms with Crippen molar-refractivity contribution in [2.75, 3.05) is 0 Å². The second-order valence-corrected chi connectivity index (χ2v) is 5.22. The van der Waals surface area contributed by atoms with Crippen LogP contribution >= 0.6 is 0 Å². The van der Waals surface area contributed by atoms with Gasteiger partial charge in [0, 0.05) is 23.1 Å². The van der Waals surface area contributed by atoms with Gasteiger partial charge in [0.05, 0.1) is 5.69 Å². The van der Waals surface area contributed by atoms with Crippen LogP contribution in [0.2, 0.25) is 0 Å². The van der Waals surface area contributed by atoms with Crippen molar-refractivity contribution in [3.05, 3.63) is 59.5 Å². The van der Waals surface area contributed by atoms with E-state index in [0.29, 0.717) is 12.4 Å². The zero-order chi connectivity index (χ0) is 14.8. The summed E-state index contributed by atoms with van der Waals surface area (Å²) < 4.78 is 11.2. The molecule has 0 aliphatic rings. The summed E-state index contributed by atoms with van der Waals surface area (Å²) in [6, 6.07) is 14.0. The number of fused-ring (bicyclic) bond motifs is 1. The molecule has 0 bridgehead atoms. The van der Waals surface area contributed by atoms with Crippen LogP contribution in [0.25, 0.3) is 10.8 Å². The van der Waals surface area contributed by atoms with E-state index in [9.17, 15) is 0 Å². The van der Waals surface area contributed by atoms with Gasteiger partial charge in [-0.15, -0.1) is 0 Å². The number of aromatic nitrogens is 1. The Hall–Kier alpha value is -2.33. The van der Waals surface area contributed by atoms with Crippen LogP contribution in [0.5, 0.6) is 5.75 Å². The first-order valence-electron chi connectivity index (χ1n) is 6.97. The van der Waals surface area contributed by atoms with Crippen LogP contribution in [0.4, 0.5) is 0 Å². The molecule has 0 amide bonds. The molecule has 1 atom stereocenters. The van der Waals surface area contributed by atoms with Gasteiger partial charge in [-0.25, -0.2) is 0 Å². The normalized spacial score (nSPS) is 12.5. The highest BCUT2D eigenvalue weighted by atomic mass is 16.5. The molecule has 3 aromatic rings. The molecule has 1 heterocycles. The lowest BCUT2D eigenvalue weighted by Crippen LogP contribution is -2.08. The minimum atomic E-state index is -0.0962. The van der Waals surface area contributed by atoms with Gasteiger partial charge in [-0.1, -0.05) is 41.6 Å². The first-order chi connectivity index (χ1) is 10.1. The summed E-state index contributed by atoms with van der Waals surface area (Å²) >= 11 is 0. The molecule has 21 heavy (non-hydrogen) atoms. The van der Waals surface area contributed by atoms with E-state index >= 15 is 0 Å². The van der Waals surface area contributed by atoms with Crippen molar-refractivity contribution in [2.45, 2.75) is 26.5 Å². The third-order valence-corrected chi connectivity index (χ3v) is 3.44. The van der Waals surface area contributed by atoms with Gasteiger partial charge >= 0.3 is 0 Å². The number of hydrogen-bond acceptors (Lipinski definition) is 4. The van der Waals surface area contributed by atoms with E-state index < -0.39 is 0 Å². The first kappa shape index (κ1) is 13.6. The monoisotopic (exact) mass is 282 g/mol. The maximum atomic E-state index is 6.06. The summed E-state index contributed by atoms with van der Waals surface area (Å²) in [6.45, 7) is 4.18. The fourth-order valence-corrected chi connectivity index (χ4v) is 2.41. The topological polar surface area (TPSA) is 61.3 Å². The van der Waals surface area contributed by atoms with Crippen LogP contribution in [-0.2, 0) is 6.61 Å². The Bertz CT molecular complexity index is 762. The predicted octanol–water partition coefficient (Wildman–Crippen LogP) is 3.73. The number of ether oxygens (including phenoxy) is 1. The Kier molecular flexibility index (Phi) is 3.62. The number of benzene rings is 2. The zero-order valence-electron chi connectivity index (χ0n) is 12.2. The smallest absolute Gasteiger partial charge is 0.174 e. The van der Waals surface area contributed by atoms with Crippen LogP contribution in [0.1, 0.15) is 30.0 Å². The first-order valence-corrected chi connectivity index (χ1v) is 6.97. The molecule has 2 aromatic carbocycles. The average Bonchev–Trinajstić information content (AvgIpc) is 2.90. The summed E-state index contributed by atoms with van der Waals surface area (Å²) in [5, 5.41) is 6.06. The summed E-state index contributed by atoms with van der Waals surface area (Å²) in [4.78, 5) is 0. The minimum Gasteiger partial charge on any atom is -0.485 e. The fourth-order valence-electron chi connectivity index (χ4n) is 2.41. The van der Waals surface area contributed by atoms with Gasteiger partial charge in [0.1, 0.15) is 12.4 Å². The second kappa shape index (κ2) is 5.58. The Labute approximate surface area is 123 Å². The third-order valence-electron chi connectivity index (χ3n) is 3.44.